The molecule has 4 nitrogen and oxygen atoms in total. The van der Waals surface area contributed by atoms with E-state index < -0.39 is 0 Å². The van der Waals surface area contributed by atoms with E-state index in [0.717, 1.165) is 61.1 Å². The van der Waals surface area contributed by atoms with Gasteiger partial charge in [0.15, 0.2) is 0 Å². The van der Waals surface area contributed by atoms with Gasteiger partial charge in [0.2, 0.25) is 0 Å². The molecule has 0 aliphatic carbocycles. The van der Waals surface area contributed by atoms with Crippen molar-refractivity contribution in [3.8, 4) is 50.8 Å². The van der Waals surface area contributed by atoms with Gasteiger partial charge in [-0.05, 0) is 52.7 Å². The second-order valence-corrected chi connectivity index (χ2v) is 10.8. The monoisotopic (exact) mass is 782 g/mol. The predicted molar refractivity (Wildman–Crippen MR) is 185 cm³/mol. The third-order valence-electron chi connectivity index (χ3n) is 7.82. The molecule has 3 aromatic heterocycles. The summed E-state index contributed by atoms with van der Waals surface area (Å²) in [6.07, 6.45) is 3.63. The van der Waals surface area contributed by atoms with Gasteiger partial charge in [0.25, 0.3) is 0 Å². The molecule has 8 rings (SSSR count). The van der Waals surface area contributed by atoms with Crippen LogP contribution in [0.25, 0.3) is 66.7 Å². The third-order valence-corrected chi connectivity index (χ3v) is 7.82. The van der Waals surface area contributed by atoms with Crippen LogP contribution in [0.5, 0.6) is 0 Å². The van der Waals surface area contributed by atoms with Gasteiger partial charge in [0, 0.05) is 43.4 Å². The Kier molecular flexibility index (Phi) is 9.46. The summed E-state index contributed by atoms with van der Waals surface area (Å²) in [5, 5.41) is 11.8. The normalized spacial score (nSPS) is 10.5. The van der Waals surface area contributed by atoms with Gasteiger partial charge in [-0.15, -0.1) is 54.1 Å². The maximum Gasteiger partial charge on any atom is 0.130 e. The summed E-state index contributed by atoms with van der Waals surface area (Å²) >= 11 is 0. The second kappa shape index (κ2) is 14.2. The molecule has 5 heteroatoms. The molecule has 1 radical (unpaired) electrons. The molecule has 0 fully saturated rings. The van der Waals surface area contributed by atoms with Gasteiger partial charge in [-0.2, -0.15) is 5.26 Å². The third kappa shape index (κ3) is 6.52. The van der Waals surface area contributed by atoms with Crippen LogP contribution >= 0.6 is 0 Å². The number of aryl methyl sites for hydroxylation is 1. The van der Waals surface area contributed by atoms with Crippen molar-refractivity contribution in [2.45, 2.75) is 6.92 Å². The molecule has 47 heavy (non-hydrogen) atoms. The first-order chi connectivity index (χ1) is 22.7. The average molecular weight is 782 g/mol. The number of nitriles is 1. The molecule has 0 unspecified atom stereocenters. The summed E-state index contributed by atoms with van der Waals surface area (Å²) in [4.78, 5) is 8.80. The Bertz CT molecular complexity index is 2290. The minimum absolute atomic E-state index is 0. The largest absolute Gasteiger partial charge is 0.500 e. The van der Waals surface area contributed by atoms with Crippen molar-refractivity contribution >= 4 is 21.9 Å². The number of benzene rings is 5. The van der Waals surface area contributed by atoms with Gasteiger partial charge in [-0.1, -0.05) is 95.9 Å². The predicted octanol–water partition coefficient (Wildman–Crippen LogP) is 10.5. The molecule has 0 aliphatic heterocycles. The minimum Gasteiger partial charge on any atom is -0.500 e. The molecule has 0 amide bonds. The number of rotatable bonds is 4. The van der Waals surface area contributed by atoms with Crippen LogP contribution in [0.1, 0.15) is 11.1 Å². The van der Waals surface area contributed by atoms with Gasteiger partial charge >= 0.3 is 0 Å². The summed E-state index contributed by atoms with van der Waals surface area (Å²) in [6.45, 7) is 2.03. The molecule has 0 saturated heterocycles. The Morgan fingerprint density at radius 1 is 0.617 bits per heavy atom. The van der Waals surface area contributed by atoms with Crippen LogP contribution in [0, 0.1) is 30.4 Å². The summed E-state index contributed by atoms with van der Waals surface area (Å²) in [5.74, 6) is 0. The summed E-state index contributed by atoms with van der Waals surface area (Å²) in [7, 11) is 0. The standard InChI is InChI=1S/C30H17N2O.C12H10N.Ir/c31-19-23-16-17-25-24-9-6-10-26(27-11-4-5-18-32-27)29(24)33-30(25)28(23)22-14-12-21(13-15-22)20-7-2-1-3-8-20;1-10-7-8-12(13-9-10)11-5-3-2-4-6-11;/h1-9,11-18H;2-5,7-9H,1H3;/q2*-1;. The quantitative estimate of drug-likeness (QED) is 0.167. The first kappa shape index (κ1) is 31.3. The molecule has 0 bridgehead atoms. The van der Waals surface area contributed by atoms with Crippen molar-refractivity contribution in [2.75, 3.05) is 0 Å². The molecule has 227 valence electrons. The van der Waals surface area contributed by atoms with E-state index in [0.29, 0.717) is 11.1 Å². The van der Waals surface area contributed by atoms with Crippen LogP contribution < -0.4 is 0 Å². The van der Waals surface area contributed by atoms with Crippen LogP contribution in [-0.2, 0) is 20.1 Å². The number of nitrogens with zero attached hydrogens (tertiary/aromatic N) is 3. The first-order valence-electron chi connectivity index (χ1n) is 15.0. The van der Waals surface area contributed by atoms with Gasteiger partial charge in [0.05, 0.1) is 17.2 Å². The number of pyridine rings is 2. The first-order valence-corrected chi connectivity index (χ1v) is 15.0. The molecule has 8 aromatic rings. The van der Waals surface area contributed by atoms with E-state index >= 15 is 0 Å². The molecular formula is C42H27IrN3O-2. The molecule has 5 aromatic carbocycles. The molecular weight excluding hydrogens is 755 g/mol. The number of hydrogen-bond acceptors (Lipinski definition) is 4. The molecule has 3 heterocycles. The second-order valence-electron chi connectivity index (χ2n) is 10.8. The smallest absolute Gasteiger partial charge is 0.130 e. The van der Waals surface area contributed by atoms with Gasteiger partial charge < -0.3 is 14.4 Å². The molecule has 0 aliphatic rings. The van der Waals surface area contributed by atoms with E-state index in [1.807, 2.05) is 104 Å². The topological polar surface area (TPSA) is 62.7 Å². The Balaban J connectivity index is 0.000000232. The fraction of sp³-hybridized carbons (Fsp3) is 0.0238. The van der Waals surface area contributed by atoms with E-state index in [9.17, 15) is 5.26 Å². The number of aromatic nitrogens is 2. The molecule has 0 saturated carbocycles. The van der Waals surface area contributed by atoms with Crippen LogP contribution in [0.15, 0.2) is 150 Å². The zero-order valence-electron chi connectivity index (χ0n) is 25.4. The maximum absolute atomic E-state index is 9.87. The van der Waals surface area contributed by atoms with Gasteiger partial charge in [-0.25, -0.2) is 0 Å². The van der Waals surface area contributed by atoms with E-state index in [1.165, 1.54) is 5.56 Å². The minimum atomic E-state index is 0. The van der Waals surface area contributed by atoms with Crippen LogP contribution in [0.2, 0.25) is 0 Å². The Hall–Kier alpha value is -5.66. The zero-order valence-corrected chi connectivity index (χ0v) is 27.8. The molecule has 0 atom stereocenters. The Morgan fingerprint density at radius 3 is 2.06 bits per heavy atom. The summed E-state index contributed by atoms with van der Waals surface area (Å²) < 4.78 is 6.46. The van der Waals surface area contributed by atoms with Crippen LogP contribution in [0.3, 0.4) is 0 Å². The van der Waals surface area contributed by atoms with Crippen LogP contribution in [-0.4, -0.2) is 9.97 Å². The van der Waals surface area contributed by atoms with E-state index in [4.69, 9.17) is 4.42 Å². The summed E-state index contributed by atoms with van der Waals surface area (Å²) in [5.41, 5.74) is 10.9. The van der Waals surface area contributed by atoms with Crippen molar-refractivity contribution < 1.29 is 24.5 Å². The number of fused-ring (bicyclic) bond motifs is 3. The molecule has 0 N–H and O–H groups in total. The molecule has 0 spiro atoms. The van der Waals surface area contributed by atoms with Crippen molar-refractivity contribution in [3.63, 3.8) is 0 Å². The van der Waals surface area contributed by atoms with Gasteiger partial charge in [-0.3, -0.25) is 0 Å². The van der Waals surface area contributed by atoms with E-state index in [-0.39, 0.29) is 20.1 Å². The van der Waals surface area contributed by atoms with Crippen molar-refractivity contribution in [1.29, 1.82) is 5.26 Å². The van der Waals surface area contributed by atoms with E-state index in [1.54, 1.807) is 6.20 Å². The Labute approximate surface area is 287 Å². The SMILES string of the molecule is Cc1ccc(-c2[c-]cccc2)nc1.N#Cc1ccc2c(oc3c(-c4ccccn4)[c-]ccc32)c1-c1ccc(-c2ccccc2)cc1.[Ir]. The van der Waals surface area contributed by atoms with Crippen LogP contribution in [0.4, 0.5) is 0 Å². The van der Waals surface area contributed by atoms with Crippen molar-refractivity contribution in [3.05, 3.63) is 169 Å². The zero-order chi connectivity index (χ0) is 31.3. The van der Waals surface area contributed by atoms with Crippen molar-refractivity contribution in [2.24, 2.45) is 0 Å². The van der Waals surface area contributed by atoms with Gasteiger partial charge in [0.1, 0.15) is 5.58 Å². The maximum atomic E-state index is 9.87. The average Bonchev–Trinajstić information content (AvgIpc) is 3.52. The van der Waals surface area contributed by atoms with E-state index in [2.05, 4.69) is 70.6 Å². The fourth-order valence-corrected chi connectivity index (χ4v) is 5.53. The number of furan rings is 1. The Morgan fingerprint density at radius 2 is 1.36 bits per heavy atom. The van der Waals surface area contributed by atoms with Crippen molar-refractivity contribution in [1.82, 2.24) is 9.97 Å². The number of hydrogen-bond donors (Lipinski definition) is 0. The fourth-order valence-electron chi connectivity index (χ4n) is 5.53. The summed E-state index contributed by atoms with van der Waals surface area (Å²) in [6, 6.07) is 52.7.